The van der Waals surface area contributed by atoms with Crippen LogP contribution >= 0.6 is 0 Å². The van der Waals surface area contributed by atoms with Crippen LogP contribution in [0.1, 0.15) is 55.4 Å². The van der Waals surface area contributed by atoms with E-state index in [2.05, 4.69) is 0 Å². The Hall–Kier alpha value is -1.40. The second kappa shape index (κ2) is 16.3. The molecule has 0 heterocycles. The van der Waals surface area contributed by atoms with Gasteiger partial charge in [-0.05, 0) is 0 Å². The van der Waals surface area contributed by atoms with Gasteiger partial charge in [0, 0.05) is 0 Å². The summed E-state index contributed by atoms with van der Waals surface area (Å²) in [5.41, 5.74) is 0. The Kier molecular flexibility index (Phi) is 15.6. The molecule has 4 unspecified atom stereocenters. The van der Waals surface area contributed by atoms with Gasteiger partial charge in [0.05, 0.1) is 0 Å². The molecular formula is C20H36O12Zr. The molecule has 4 atom stereocenters. The van der Waals surface area contributed by atoms with Crippen molar-refractivity contribution in [2.45, 2.75) is 79.8 Å². The molecule has 0 aliphatic heterocycles. The zero-order valence-corrected chi connectivity index (χ0v) is 23.0. The van der Waals surface area contributed by atoms with Crippen molar-refractivity contribution in [2.24, 2.45) is 0 Å². The molecule has 33 heavy (non-hydrogen) atoms. The van der Waals surface area contributed by atoms with Crippen molar-refractivity contribution in [3.8, 4) is 0 Å². The third kappa shape index (κ3) is 11.5. The molecule has 13 heteroatoms. The average molecular weight is 560 g/mol. The van der Waals surface area contributed by atoms with E-state index in [0.29, 0.717) is 0 Å². The third-order valence-corrected chi connectivity index (χ3v) is 10.1. The van der Waals surface area contributed by atoms with E-state index in [-0.39, 0.29) is 26.4 Å². The first-order valence-corrected chi connectivity index (χ1v) is 14.9. The molecule has 0 spiro atoms. The Balaban J connectivity index is 6.21. The molecule has 0 aromatic carbocycles. The number of hydrogen-bond acceptors (Lipinski definition) is 12. The molecule has 192 valence electrons. The summed E-state index contributed by atoms with van der Waals surface area (Å²) in [7, 11) is 0. The fraction of sp³-hybridized carbons (Fsp3) is 0.800. The third-order valence-electron chi connectivity index (χ3n) is 3.76. The molecule has 0 N–H and O–H groups in total. The first kappa shape index (κ1) is 31.6. The summed E-state index contributed by atoms with van der Waals surface area (Å²) in [6.45, 7) is 12.2. The second-order valence-corrected chi connectivity index (χ2v) is 11.3. The van der Waals surface area contributed by atoms with Gasteiger partial charge < -0.3 is 0 Å². The minimum atomic E-state index is -5.60. The van der Waals surface area contributed by atoms with Crippen molar-refractivity contribution in [1.29, 1.82) is 0 Å². The topological polar surface area (TPSA) is 142 Å². The van der Waals surface area contributed by atoms with Crippen molar-refractivity contribution in [3.05, 3.63) is 0 Å². The molecule has 0 aromatic heterocycles. The molecule has 0 aliphatic carbocycles. The van der Waals surface area contributed by atoms with Gasteiger partial charge in [-0.1, -0.05) is 0 Å². The minimum absolute atomic E-state index is 0.0787. The Morgan fingerprint density at radius 1 is 0.485 bits per heavy atom. The number of esters is 4. The molecule has 0 saturated heterocycles. The quantitative estimate of drug-likeness (QED) is 0.200. The van der Waals surface area contributed by atoms with Crippen LogP contribution in [0.3, 0.4) is 0 Å². The average Bonchev–Trinajstić information content (AvgIpc) is 2.74. The number of rotatable bonds is 16. The molecule has 0 amide bonds. The Labute approximate surface area is 201 Å². The molecule has 0 aromatic rings. The first-order valence-electron chi connectivity index (χ1n) is 10.8. The van der Waals surface area contributed by atoms with E-state index in [0.717, 1.165) is 0 Å². The first-order chi connectivity index (χ1) is 15.5. The number of hydrogen-bond donors (Lipinski definition) is 0. The van der Waals surface area contributed by atoms with Crippen molar-refractivity contribution in [2.75, 3.05) is 26.4 Å². The zero-order chi connectivity index (χ0) is 25.6. The molecule has 0 bridgehead atoms. The van der Waals surface area contributed by atoms with Crippen LogP contribution in [0.2, 0.25) is 0 Å². The van der Waals surface area contributed by atoms with Crippen LogP contribution in [0.5, 0.6) is 0 Å². The second-order valence-electron chi connectivity index (χ2n) is 6.55. The summed E-state index contributed by atoms with van der Waals surface area (Å²) in [5, 5.41) is 0. The normalized spacial score (nSPS) is 16.5. The summed E-state index contributed by atoms with van der Waals surface area (Å²) < 4.78 is 43.0. The van der Waals surface area contributed by atoms with Gasteiger partial charge in [-0.3, -0.25) is 0 Å². The predicted octanol–water partition coefficient (Wildman–Crippen LogP) is 1.67. The van der Waals surface area contributed by atoms with Crippen LogP contribution in [0.15, 0.2) is 0 Å². The van der Waals surface area contributed by atoms with E-state index < -0.39 is 70.3 Å². The van der Waals surface area contributed by atoms with Gasteiger partial charge in [-0.2, -0.15) is 0 Å². The molecule has 12 nitrogen and oxygen atoms in total. The van der Waals surface area contributed by atoms with Crippen molar-refractivity contribution in [1.82, 2.24) is 0 Å². The number of carbonyl (C=O) groups excluding carboxylic acids is 4. The molecule has 0 radical (unpaired) electrons. The number of ether oxygens (including phenoxy) is 4. The van der Waals surface area contributed by atoms with E-state index in [9.17, 15) is 19.2 Å². The van der Waals surface area contributed by atoms with Crippen molar-refractivity contribution >= 4 is 23.9 Å². The molecule has 0 fully saturated rings. The van der Waals surface area contributed by atoms with Crippen molar-refractivity contribution < 1.29 is 71.4 Å². The summed E-state index contributed by atoms with van der Waals surface area (Å²) in [5.74, 6) is -3.03. The maximum absolute atomic E-state index is 12.2. The van der Waals surface area contributed by atoms with E-state index in [1.54, 1.807) is 27.7 Å². The summed E-state index contributed by atoms with van der Waals surface area (Å²) in [4.78, 5) is 48.9. The van der Waals surface area contributed by atoms with E-state index in [1.807, 2.05) is 0 Å². The Bertz CT molecular complexity index is 531. The monoisotopic (exact) mass is 558 g/mol. The van der Waals surface area contributed by atoms with Crippen LogP contribution in [-0.4, -0.2) is 74.7 Å². The Morgan fingerprint density at radius 3 is 0.818 bits per heavy atom. The van der Waals surface area contributed by atoms with Gasteiger partial charge >= 0.3 is 202 Å². The van der Waals surface area contributed by atoms with Crippen LogP contribution in [0, 0.1) is 0 Å². The van der Waals surface area contributed by atoms with Crippen LogP contribution in [0.4, 0.5) is 0 Å². The molecule has 0 aliphatic rings. The number of carbonyl (C=O) groups is 4. The SMILES string of the molecule is CCOC(=O)C(C)[O][Zr]([O]C(C)C(=O)OCC)([O]C(C)C(=O)OCC)[O]C(C)C(=O)OCC. The Morgan fingerprint density at radius 2 is 0.667 bits per heavy atom. The van der Waals surface area contributed by atoms with Crippen LogP contribution in [0.25, 0.3) is 0 Å². The van der Waals surface area contributed by atoms with Crippen molar-refractivity contribution in [3.63, 3.8) is 0 Å². The van der Waals surface area contributed by atoms with Gasteiger partial charge in [-0.25, -0.2) is 0 Å². The van der Waals surface area contributed by atoms with Gasteiger partial charge in [0.1, 0.15) is 0 Å². The summed E-state index contributed by atoms with van der Waals surface area (Å²) in [6.07, 6.45) is -5.06. The van der Waals surface area contributed by atoms with Crippen LogP contribution in [-0.2, 0) is 71.4 Å². The predicted molar refractivity (Wildman–Crippen MR) is 109 cm³/mol. The summed E-state index contributed by atoms with van der Waals surface area (Å²) in [6, 6.07) is 0. The standard InChI is InChI=1S/4C5H9O3.Zr/c4*1-3-8-5(7)4(2)6;/h4*4H,3H2,1-2H3;/q4*-1;+4. The van der Waals surface area contributed by atoms with Gasteiger partial charge in [0.15, 0.2) is 0 Å². The summed E-state index contributed by atoms with van der Waals surface area (Å²) >= 11 is -5.60. The molecular weight excluding hydrogens is 523 g/mol. The molecule has 0 rings (SSSR count). The van der Waals surface area contributed by atoms with Gasteiger partial charge in [0.2, 0.25) is 0 Å². The van der Waals surface area contributed by atoms with Crippen LogP contribution < -0.4 is 0 Å². The van der Waals surface area contributed by atoms with Gasteiger partial charge in [0.25, 0.3) is 0 Å². The van der Waals surface area contributed by atoms with Gasteiger partial charge in [-0.15, -0.1) is 0 Å². The van der Waals surface area contributed by atoms with E-state index in [1.165, 1.54) is 27.7 Å². The fourth-order valence-electron chi connectivity index (χ4n) is 2.26. The van der Waals surface area contributed by atoms with E-state index >= 15 is 0 Å². The maximum atomic E-state index is 12.2. The fourth-order valence-corrected chi connectivity index (χ4v) is 8.29. The molecule has 0 saturated carbocycles. The zero-order valence-electron chi connectivity index (χ0n) is 20.5. The van der Waals surface area contributed by atoms with E-state index in [4.69, 9.17) is 30.2 Å².